The summed E-state index contributed by atoms with van der Waals surface area (Å²) in [5.41, 5.74) is 3.37. The number of hydrogen-bond acceptors (Lipinski definition) is 4. The molecular weight excluding hydrogens is 331 g/mol. The zero-order valence-electron chi connectivity index (χ0n) is 16.0. The molecule has 25 heavy (non-hydrogen) atoms. The number of benzene rings is 1. The lowest BCUT2D eigenvalue weighted by atomic mass is 9.78. The van der Waals surface area contributed by atoms with Crippen LogP contribution >= 0.6 is 11.8 Å². The normalized spacial score (nSPS) is 19.1. The van der Waals surface area contributed by atoms with Gasteiger partial charge in [0.15, 0.2) is 5.12 Å². The molecule has 0 radical (unpaired) electrons. The van der Waals surface area contributed by atoms with Gasteiger partial charge in [0.2, 0.25) is 0 Å². The van der Waals surface area contributed by atoms with E-state index in [1.807, 2.05) is 58.9 Å². The SMILES string of the molecule is C=C(C)c1ccc(C=C(CSC(C)=O)B2OC(C)(C)C(C)(C)O2)cc1. The van der Waals surface area contributed by atoms with E-state index in [-0.39, 0.29) is 5.12 Å². The summed E-state index contributed by atoms with van der Waals surface area (Å²) in [4.78, 5) is 11.4. The van der Waals surface area contributed by atoms with Crippen LogP contribution in [0.15, 0.2) is 36.3 Å². The minimum Gasteiger partial charge on any atom is -0.400 e. The number of carbonyl (C=O) groups is 1. The van der Waals surface area contributed by atoms with Crippen LogP contribution in [0.4, 0.5) is 0 Å². The van der Waals surface area contributed by atoms with Crippen LogP contribution in [-0.4, -0.2) is 29.2 Å². The first-order valence-electron chi connectivity index (χ1n) is 8.47. The number of allylic oxidation sites excluding steroid dienone is 1. The molecule has 0 spiro atoms. The van der Waals surface area contributed by atoms with Gasteiger partial charge in [-0.1, -0.05) is 54.3 Å². The molecule has 1 aromatic carbocycles. The molecule has 5 heteroatoms. The maximum Gasteiger partial charge on any atom is 0.491 e. The predicted octanol–water partition coefficient (Wildman–Crippen LogP) is 5.01. The van der Waals surface area contributed by atoms with E-state index in [1.54, 1.807) is 6.92 Å². The Bertz CT molecular complexity index is 673. The average molecular weight is 358 g/mol. The zero-order chi connectivity index (χ0) is 18.8. The molecule has 1 aliphatic rings. The quantitative estimate of drug-likeness (QED) is 0.693. The van der Waals surface area contributed by atoms with Gasteiger partial charge in [-0.3, -0.25) is 4.79 Å². The highest BCUT2D eigenvalue weighted by atomic mass is 32.2. The highest BCUT2D eigenvalue weighted by Gasteiger charge is 2.52. The van der Waals surface area contributed by atoms with Crippen LogP contribution < -0.4 is 0 Å². The summed E-state index contributed by atoms with van der Waals surface area (Å²) in [6.45, 7) is 15.7. The van der Waals surface area contributed by atoms with Crippen molar-refractivity contribution in [3.63, 3.8) is 0 Å². The fourth-order valence-electron chi connectivity index (χ4n) is 2.44. The van der Waals surface area contributed by atoms with Gasteiger partial charge in [0.1, 0.15) is 0 Å². The van der Waals surface area contributed by atoms with Gasteiger partial charge >= 0.3 is 7.12 Å². The van der Waals surface area contributed by atoms with Gasteiger partial charge in [-0.15, -0.1) is 0 Å². The van der Waals surface area contributed by atoms with Crippen molar-refractivity contribution in [2.75, 3.05) is 5.75 Å². The van der Waals surface area contributed by atoms with Crippen molar-refractivity contribution in [1.82, 2.24) is 0 Å². The number of rotatable bonds is 5. The van der Waals surface area contributed by atoms with Crippen LogP contribution in [0.2, 0.25) is 0 Å². The Morgan fingerprint density at radius 2 is 1.64 bits per heavy atom. The van der Waals surface area contributed by atoms with E-state index in [0.29, 0.717) is 5.75 Å². The first-order valence-corrected chi connectivity index (χ1v) is 9.46. The van der Waals surface area contributed by atoms with Crippen molar-refractivity contribution in [2.24, 2.45) is 0 Å². The highest BCUT2D eigenvalue weighted by molar-refractivity contribution is 8.13. The second-order valence-electron chi connectivity index (χ2n) is 7.49. The summed E-state index contributed by atoms with van der Waals surface area (Å²) in [7, 11) is -0.447. The third-order valence-electron chi connectivity index (χ3n) is 4.75. The molecule has 1 aliphatic heterocycles. The van der Waals surface area contributed by atoms with Crippen LogP contribution in [0, 0.1) is 0 Å². The minimum absolute atomic E-state index is 0.0834. The lowest BCUT2D eigenvalue weighted by Crippen LogP contribution is -2.41. The molecule has 1 saturated heterocycles. The molecule has 2 rings (SSSR count). The van der Waals surface area contributed by atoms with Crippen molar-refractivity contribution >= 4 is 35.6 Å². The zero-order valence-corrected chi connectivity index (χ0v) is 16.8. The molecule has 0 unspecified atom stereocenters. The van der Waals surface area contributed by atoms with E-state index in [0.717, 1.165) is 22.2 Å². The summed E-state index contributed by atoms with van der Waals surface area (Å²) in [5, 5.41) is 0.0834. The topological polar surface area (TPSA) is 35.5 Å². The maximum atomic E-state index is 11.4. The van der Waals surface area contributed by atoms with Crippen LogP contribution in [-0.2, 0) is 14.1 Å². The van der Waals surface area contributed by atoms with Gasteiger partial charge in [-0.25, -0.2) is 0 Å². The molecule has 0 aromatic heterocycles. The molecule has 0 bridgehead atoms. The van der Waals surface area contributed by atoms with Crippen molar-refractivity contribution in [1.29, 1.82) is 0 Å². The summed E-state index contributed by atoms with van der Waals surface area (Å²) < 4.78 is 12.3. The summed E-state index contributed by atoms with van der Waals surface area (Å²) in [5.74, 6) is 0.550. The monoisotopic (exact) mass is 358 g/mol. The molecule has 0 N–H and O–H groups in total. The lowest BCUT2D eigenvalue weighted by Gasteiger charge is -2.32. The van der Waals surface area contributed by atoms with Crippen molar-refractivity contribution in [3.05, 3.63) is 47.4 Å². The fourth-order valence-corrected chi connectivity index (χ4v) is 3.02. The Morgan fingerprint density at radius 3 is 2.08 bits per heavy atom. The van der Waals surface area contributed by atoms with E-state index in [2.05, 4.69) is 12.7 Å². The average Bonchev–Trinajstić information content (AvgIpc) is 2.72. The molecule has 1 heterocycles. The molecule has 1 fully saturated rings. The Labute approximate surface area is 156 Å². The van der Waals surface area contributed by atoms with Gasteiger partial charge in [0.25, 0.3) is 0 Å². The Kier molecular flexibility index (Phi) is 6.03. The summed E-state index contributed by atoms with van der Waals surface area (Å²) in [6.07, 6.45) is 2.06. The van der Waals surface area contributed by atoms with E-state index in [9.17, 15) is 4.79 Å². The second-order valence-corrected chi connectivity index (χ2v) is 8.64. The Morgan fingerprint density at radius 1 is 1.12 bits per heavy atom. The van der Waals surface area contributed by atoms with Crippen LogP contribution in [0.5, 0.6) is 0 Å². The molecule has 1 aromatic rings. The van der Waals surface area contributed by atoms with Crippen LogP contribution in [0.25, 0.3) is 11.6 Å². The predicted molar refractivity (Wildman–Crippen MR) is 108 cm³/mol. The number of carbonyl (C=O) groups excluding carboxylic acids is 1. The largest absolute Gasteiger partial charge is 0.491 e. The fraction of sp³-hybridized carbons (Fsp3) is 0.450. The van der Waals surface area contributed by atoms with E-state index >= 15 is 0 Å². The van der Waals surface area contributed by atoms with E-state index < -0.39 is 18.3 Å². The van der Waals surface area contributed by atoms with Gasteiger partial charge in [-0.2, -0.15) is 0 Å². The van der Waals surface area contributed by atoms with Gasteiger partial charge < -0.3 is 9.31 Å². The van der Waals surface area contributed by atoms with Gasteiger partial charge in [-0.05, 0) is 51.2 Å². The smallest absolute Gasteiger partial charge is 0.400 e. The van der Waals surface area contributed by atoms with Crippen molar-refractivity contribution in [2.45, 2.75) is 52.7 Å². The van der Waals surface area contributed by atoms with Crippen LogP contribution in [0.1, 0.15) is 52.7 Å². The molecule has 0 amide bonds. The van der Waals surface area contributed by atoms with Gasteiger partial charge in [0, 0.05) is 12.7 Å². The van der Waals surface area contributed by atoms with Crippen molar-refractivity contribution < 1.29 is 14.1 Å². The molecule has 134 valence electrons. The molecule has 3 nitrogen and oxygen atoms in total. The molecule has 0 saturated carbocycles. The van der Waals surface area contributed by atoms with Crippen molar-refractivity contribution in [3.8, 4) is 0 Å². The second kappa shape index (κ2) is 7.52. The molecule has 0 atom stereocenters. The van der Waals surface area contributed by atoms with E-state index in [4.69, 9.17) is 9.31 Å². The number of thioether (sulfide) groups is 1. The lowest BCUT2D eigenvalue weighted by molar-refractivity contribution is -0.109. The maximum absolute atomic E-state index is 11.4. The standard InChI is InChI=1S/C20H27BO3S/c1-14(2)17-10-8-16(9-11-17)12-18(13-25-15(3)22)21-23-19(4,5)20(6,7)24-21/h8-12H,1,13H2,2-7H3. The number of hydrogen-bond donors (Lipinski definition) is 0. The Hall–Kier alpha value is -1.30. The van der Waals surface area contributed by atoms with Crippen LogP contribution in [0.3, 0.4) is 0 Å². The first kappa shape index (κ1) is 20.0. The highest BCUT2D eigenvalue weighted by Crippen LogP contribution is 2.39. The summed E-state index contributed by atoms with van der Waals surface area (Å²) >= 11 is 1.27. The Balaban J connectivity index is 2.29. The third kappa shape index (κ3) is 4.87. The minimum atomic E-state index is -0.447. The van der Waals surface area contributed by atoms with Gasteiger partial charge in [0.05, 0.1) is 11.2 Å². The third-order valence-corrected chi connectivity index (χ3v) is 5.64. The molecular formula is C20H27BO3S. The summed E-state index contributed by atoms with van der Waals surface area (Å²) in [6, 6.07) is 8.20. The first-order chi connectivity index (χ1) is 11.5. The van der Waals surface area contributed by atoms with E-state index in [1.165, 1.54) is 11.8 Å². The molecule has 0 aliphatic carbocycles.